The van der Waals surface area contributed by atoms with Crippen molar-refractivity contribution in [2.75, 3.05) is 13.7 Å². The number of carbonyl (C=O) groups is 2. The third-order valence-electron chi connectivity index (χ3n) is 5.45. The number of hydrogen-bond acceptors (Lipinski definition) is 7. The van der Waals surface area contributed by atoms with Gasteiger partial charge < -0.3 is 19.5 Å². The fraction of sp³-hybridized carbons (Fsp3) is 0.435. The first kappa shape index (κ1) is 22.6. The number of nitrogens with zero attached hydrogens (tertiary/aromatic N) is 1. The molecule has 32 heavy (non-hydrogen) atoms. The van der Waals surface area contributed by atoms with Crippen LogP contribution in [0.1, 0.15) is 37.5 Å². The highest BCUT2D eigenvalue weighted by Crippen LogP contribution is 2.47. The molecule has 4 rings (SSSR count). The van der Waals surface area contributed by atoms with E-state index in [4.69, 9.17) is 25.8 Å². The molecule has 0 unspecified atom stereocenters. The van der Waals surface area contributed by atoms with Crippen molar-refractivity contribution in [2.45, 2.75) is 38.6 Å². The average Bonchev–Trinajstić information content (AvgIpc) is 3.70. The van der Waals surface area contributed by atoms with E-state index in [9.17, 15) is 9.59 Å². The van der Waals surface area contributed by atoms with Gasteiger partial charge in [0.2, 0.25) is 5.91 Å². The van der Waals surface area contributed by atoms with E-state index in [1.807, 2.05) is 25.1 Å². The molecule has 2 aliphatic carbocycles. The summed E-state index contributed by atoms with van der Waals surface area (Å²) < 4.78 is 16.3. The summed E-state index contributed by atoms with van der Waals surface area (Å²) in [6, 6.07) is 5.10. The second-order valence-electron chi connectivity index (χ2n) is 8.17. The van der Waals surface area contributed by atoms with E-state index in [0.717, 1.165) is 17.2 Å². The SMILES string of the molecule is COC(=O)C1(C(=O)N[C@@H](C)/C=C/c2cnc(Oc3ccc(OCC4CC4)cc3Cl)s2)CC1. The predicted octanol–water partition coefficient (Wildman–Crippen LogP) is 4.85. The number of nitrogens with one attached hydrogen (secondary N) is 1. The molecule has 1 aromatic carbocycles. The van der Waals surface area contributed by atoms with Crippen LogP contribution in [-0.2, 0) is 14.3 Å². The lowest BCUT2D eigenvalue weighted by Crippen LogP contribution is -2.41. The monoisotopic (exact) mass is 476 g/mol. The first-order valence-corrected chi connectivity index (χ1v) is 11.7. The van der Waals surface area contributed by atoms with Gasteiger partial charge >= 0.3 is 5.97 Å². The van der Waals surface area contributed by atoms with Gasteiger partial charge in [-0.1, -0.05) is 29.0 Å². The first-order chi connectivity index (χ1) is 15.4. The molecular weight excluding hydrogens is 452 g/mol. The van der Waals surface area contributed by atoms with Gasteiger partial charge in [0.05, 0.1) is 23.6 Å². The summed E-state index contributed by atoms with van der Waals surface area (Å²) in [5.74, 6) is 1.14. The molecule has 1 aromatic heterocycles. The van der Waals surface area contributed by atoms with Crippen molar-refractivity contribution in [3.8, 4) is 16.7 Å². The zero-order valence-corrected chi connectivity index (χ0v) is 19.5. The Kier molecular flexibility index (Phi) is 6.71. The highest BCUT2D eigenvalue weighted by Gasteiger charge is 2.57. The van der Waals surface area contributed by atoms with Crippen LogP contribution in [0.15, 0.2) is 30.5 Å². The minimum absolute atomic E-state index is 0.256. The van der Waals surface area contributed by atoms with E-state index in [-0.39, 0.29) is 11.9 Å². The Morgan fingerprint density at radius 3 is 2.81 bits per heavy atom. The molecule has 0 saturated heterocycles. The summed E-state index contributed by atoms with van der Waals surface area (Å²) >= 11 is 7.68. The lowest BCUT2D eigenvalue weighted by atomic mass is 10.1. The Morgan fingerprint density at radius 2 is 2.16 bits per heavy atom. The maximum absolute atomic E-state index is 12.4. The average molecular weight is 477 g/mol. The number of esters is 1. The third kappa shape index (κ3) is 5.42. The van der Waals surface area contributed by atoms with E-state index in [0.29, 0.717) is 34.7 Å². The molecule has 2 aliphatic rings. The molecule has 0 bridgehead atoms. The zero-order chi connectivity index (χ0) is 22.7. The Balaban J connectivity index is 1.30. The molecule has 1 amide bonds. The number of ether oxygens (including phenoxy) is 3. The van der Waals surface area contributed by atoms with Crippen LogP contribution in [0.4, 0.5) is 0 Å². The van der Waals surface area contributed by atoms with Crippen LogP contribution in [0.5, 0.6) is 16.7 Å². The standard InChI is InChI=1S/C23H25ClN2O5S/c1-14(26-20(27)23(9-10-23)21(28)29-2)3-7-17-12-25-22(32-17)31-19-8-6-16(11-18(19)24)30-13-15-4-5-15/h3,6-8,11-12,14-15H,4-5,9-10,13H2,1-2H3,(H,26,27)/b7-3+/t14-/m0/s1. The van der Waals surface area contributed by atoms with Crippen LogP contribution in [0.2, 0.25) is 5.02 Å². The van der Waals surface area contributed by atoms with Crippen LogP contribution in [-0.4, -0.2) is 36.6 Å². The largest absolute Gasteiger partial charge is 0.493 e. The normalized spacial score (nSPS) is 17.6. The maximum Gasteiger partial charge on any atom is 0.321 e. The van der Waals surface area contributed by atoms with Crippen molar-refractivity contribution in [2.24, 2.45) is 11.3 Å². The third-order valence-corrected chi connectivity index (χ3v) is 6.59. The lowest BCUT2D eigenvalue weighted by molar-refractivity contribution is -0.152. The molecule has 2 saturated carbocycles. The summed E-state index contributed by atoms with van der Waals surface area (Å²) in [4.78, 5) is 29.3. The Hall–Kier alpha value is -2.58. The number of benzene rings is 1. The molecule has 0 radical (unpaired) electrons. The van der Waals surface area contributed by atoms with Crippen LogP contribution >= 0.6 is 22.9 Å². The molecule has 0 spiro atoms. The molecule has 1 N–H and O–H groups in total. The van der Waals surface area contributed by atoms with Crippen molar-refractivity contribution in [3.05, 3.63) is 40.4 Å². The number of thiazole rings is 1. The Morgan fingerprint density at radius 1 is 1.38 bits per heavy atom. The van der Waals surface area contributed by atoms with Crippen LogP contribution < -0.4 is 14.8 Å². The minimum Gasteiger partial charge on any atom is -0.493 e. The van der Waals surface area contributed by atoms with E-state index in [2.05, 4.69) is 10.3 Å². The van der Waals surface area contributed by atoms with Crippen molar-refractivity contribution in [1.29, 1.82) is 0 Å². The molecule has 7 nitrogen and oxygen atoms in total. The van der Waals surface area contributed by atoms with Crippen molar-refractivity contribution in [3.63, 3.8) is 0 Å². The highest BCUT2D eigenvalue weighted by atomic mass is 35.5. The molecule has 2 aromatic rings. The van der Waals surface area contributed by atoms with E-state index >= 15 is 0 Å². The minimum atomic E-state index is -1.01. The van der Waals surface area contributed by atoms with Crippen LogP contribution in [0.25, 0.3) is 6.08 Å². The molecule has 9 heteroatoms. The summed E-state index contributed by atoms with van der Waals surface area (Å²) in [7, 11) is 1.30. The quantitative estimate of drug-likeness (QED) is 0.389. The van der Waals surface area contributed by atoms with Gasteiger partial charge in [-0.2, -0.15) is 0 Å². The summed E-state index contributed by atoms with van der Waals surface area (Å²) in [6.45, 7) is 2.56. The highest BCUT2D eigenvalue weighted by molar-refractivity contribution is 7.14. The van der Waals surface area contributed by atoms with Gasteiger partial charge in [-0.3, -0.25) is 9.59 Å². The fourth-order valence-electron chi connectivity index (χ4n) is 3.12. The number of halogens is 1. The number of methoxy groups -OCH3 is 1. The second kappa shape index (κ2) is 9.50. The molecule has 1 atom stereocenters. The van der Waals surface area contributed by atoms with Gasteiger partial charge in [0.15, 0.2) is 0 Å². The van der Waals surface area contributed by atoms with Gasteiger partial charge in [-0.15, -0.1) is 0 Å². The van der Waals surface area contributed by atoms with E-state index in [1.54, 1.807) is 18.3 Å². The predicted molar refractivity (Wildman–Crippen MR) is 122 cm³/mol. The van der Waals surface area contributed by atoms with Gasteiger partial charge in [0.1, 0.15) is 16.9 Å². The van der Waals surface area contributed by atoms with Crippen molar-refractivity contribution >= 4 is 40.9 Å². The number of aromatic nitrogens is 1. The molecule has 1 heterocycles. The van der Waals surface area contributed by atoms with E-state index < -0.39 is 11.4 Å². The Labute approximate surface area is 195 Å². The summed E-state index contributed by atoms with van der Waals surface area (Å²) in [6.07, 6.45) is 8.87. The topological polar surface area (TPSA) is 86.8 Å². The Bertz CT molecular complexity index is 1030. The van der Waals surface area contributed by atoms with Crippen molar-refractivity contribution < 1.29 is 23.8 Å². The van der Waals surface area contributed by atoms with Gasteiger partial charge in [0.25, 0.3) is 5.19 Å². The molecule has 2 fully saturated rings. The lowest BCUT2D eigenvalue weighted by Gasteiger charge is -2.15. The number of amides is 1. The summed E-state index contributed by atoms with van der Waals surface area (Å²) in [5, 5.41) is 3.76. The van der Waals surface area contributed by atoms with Crippen LogP contribution in [0, 0.1) is 11.3 Å². The maximum atomic E-state index is 12.4. The van der Waals surface area contributed by atoms with Gasteiger partial charge in [0, 0.05) is 18.3 Å². The second-order valence-corrected chi connectivity index (χ2v) is 9.60. The zero-order valence-electron chi connectivity index (χ0n) is 17.9. The smallest absolute Gasteiger partial charge is 0.321 e. The fourth-order valence-corrected chi connectivity index (χ4v) is 4.02. The molecule has 170 valence electrons. The first-order valence-electron chi connectivity index (χ1n) is 10.5. The van der Waals surface area contributed by atoms with Gasteiger partial charge in [-0.05, 0) is 56.7 Å². The van der Waals surface area contributed by atoms with E-state index in [1.165, 1.54) is 31.3 Å². The number of hydrogen-bond donors (Lipinski definition) is 1. The molecule has 0 aliphatic heterocycles. The molecular formula is C23H25ClN2O5S. The number of rotatable bonds is 10. The summed E-state index contributed by atoms with van der Waals surface area (Å²) in [5.41, 5.74) is -1.01. The van der Waals surface area contributed by atoms with Crippen molar-refractivity contribution in [1.82, 2.24) is 10.3 Å². The van der Waals surface area contributed by atoms with Crippen LogP contribution in [0.3, 0.4) is 0 Å². The van der Waals surface area contributed by atoms with Gasteiger partial charge in [-0.25, -0.2) is 4.98 Å². The number of carbonyl (C=O) groups excluding carboxylic acids is 2.